The molecule has 0 fully saturated rings. The molecule has 0 bridgehead atoms. The van der Waals surface area contributed by atoms with Crippen LogP contribution in [0.15, 0.2) is 54.6 Å². The predicted molar refractivity (Wildman–Crippen MR) is 90.1 cm³/mol. The highest BCUT2D eigenvalue weighted by atomic mass is 16.5. The molecule has 5 heteroatoms. The van der Waals surface area contributed by atoms with E-state index in [1.54, 1.807) is 6.20 Å². The number of rotatable bonds is 6. The fourth-order valence-corrected chi connectivity index (χ4v) is 2.79. The van der Waals surface area contributed by atoms with Crippen LogP contribution in [-0.2, 0) is 27.7 Å². The molecular formula is C19H22N2O3. The van der Waals surface area contributed by atoms with Gasteiger partial charge in [-0.15, -0.1) is 0 Å². The van der Waals surface area contributed by atoms with Crippen molar-refractivity contribution in [3.8, 4) is 0 Å². The van der Waals surface area contributed by atoms with E-state index in [0.29, 0.717) is 25.0 Å². The maximum atomic E-state index is 12.4. The summed E-state index contributed by atoms with van der Waals surface area (Å²) >= 11 is 0. The monoisotopic (exact) mass is 326 g/mol. The molecule has 1 aliphatic rings. The first-order valence-corrected chi connectivity index (χ1v) is 8.27. The van der Waals surface area contributed by atoms with Crippen molar-refractivity contribution in [2.24, 2.45) is 7.05 Å². The number of aromatic nitrogens is 2. The first-order valence-electron chi connectivity index (χ1n) is 8.27. The second-order valence-corrected chi connectivity index (χ2v) is 5.93. The van der Waals surface area contributed by atoms with E-state index >= 15 is 0 Å². The SMILES string of the molecule is Cn1ccnc1[C@H](CCc1ccccc1)OC(=O)C1=COCCC1. The van der Waals surface area contributed by atoms with Gasteiger partial charge >= 0.3 is 5.97 Å². The van der Waals surface area contributed by atoms with Gasteiger partial charge in [0, 0.05) is 19.4 Å². The molecule has 24 heavy (non-hydrogen) atoms. The molecule has 1 aliphatic heterocycles. The zero-order chi connectivity index (χ0) is 16.8. The third-order valence-corrected chi connectivity index (χ3v) is 4.13. The quantitative estimate of drug-likeness (QED) is 0.764. The summed E-state index contributed by atoms with van der Waals surface area (Å²) in [6.45, 7) is 0.660. The molecule has 126 valence electrons. The Morgan fingerprint density at radius 2 is 2.21 bits per heavy atom. The van der Waals surface area contributed by atoms with Gasteiger partial charge in [0.15, 0.2) is 6.10 Å². The molecule has 0 spiro atoms. The number of nitrogens with zero attached hydrogens (tertiary/aromatic N) is 2. The summed E-state index contributed by atoms with van der Waals surface area (Å²) in [6, 6.07) is 10.2. The van der Waals surface area contributed by atoms with Crippen molar-refractivity contribution < 1.29 is 14.3 Å². The average Bonchev–Trinajstić information content (AvgIpc) is 3.06. The molecule has 1 aromatic carbocycles. The molecular weight excluding hydrogens is 304 g/mol. The third kappa shape index (κ3) is 4.04. The standard InChI is InChI=1S/C19H22N2O3/c1-21-12-11-20-18(21)17(10-9-15-6-3-2-4-7-15)24-19(22)16-8-5-13-23-14-16/h2-4,6-7,11-12,14,17H,5,8-10,13H2,1H3/t17-/m0/s1. The first kappa shape index (κ1) is 16.3. The molecule has 2 aromatic rings. The topological polar surface area (TPSA) is 53.4 Å². The Morgan fingerprint density at radius 1 is 1.38 bits per heavy atom. The molecule has 1 aromatic heterocycles. The van der Waals surface area contributed by atoms with E-state index in [0.717, 1.165) is 18.7 Å². The average molecular weight is 326 g/mol. The number of carbonyl (C=O) groups is 1. The lowest BCUT2D eigenvalue weighted by atomic mass is 10.1. The fraction of sp³-hybridized carbons (Fsp3) is 0.368. The molecule has 0 saturated heterocycles. The number of aryl methyl sites for hydroxylation is 2. The highest BCUT2D eigenvalue weighted by Gasteiger charge is 2.23. The van der Waals surface area contributed by atoms with Crippen molar-refractivity contribution in [1.82, 2.24) is 9.55 Å². The summed E-state index contributed by atoms with van der Waals surface area (Å²) < 4.78 is 12.9. The zero-order valence-electron chi connectivity index (χ0n) is 13.9. The van der Waals surface area contributed by atoms with Crippen LogP contribution in [0.1, 0.15) is 36.8 Å². The largest absolute Gasteiger partial charge is 0.501 e. The second-order valence-electron chi connectivity index (χ2n) is 5.93. The minimum atomic E-state index is -0.375. The van der Waals surface area contributed by atoms with Crippen molar-refractivity contribution >= 4 is 5.97 Å². The van der Waals surface area contributed by atoms with Crippen LogP contribution in [0, 0.1) is 0 Å². The van der Waals surface area contributed by atoms with Gasteiger partial charge in [-0.2, -0.15) is 0 Å². The number of imidazole rings is 1. The Balaban J connectivity index is 1.71. The van der Waals surface area contributed by atoms with Gasteiger partial charge in [-0.1, -0.05) is 30.3 Å². The molecule has 2 heterocycles. The molecule has 5 nitrogen and oxygen atoms in total. The van der Waals surface area contributed by atoms with E-state index in [1.165, 1.54) is 11.8 Å². The van der Waals surface area contributed by atoms with Crippen LogP contribution in [0.25, 0.3) is 0 Å². The molecule has 0 saturated carbocycles. The van der Waals surface area contributed by atoms with Gasteiger partial charge in [0.1, 0.15) is 5.82 Å². The highest BCUT2D eigenvalue weighted by Crippen LogP contribution is 2.24. The van der Waals surface area contributed by atoms with E-state index < -0.39 is 0 Å². The lowest BCUT2D eigenvalue weighted by Crippen LogP contribution is -2.19. The molecule has 0 unspecified atom stereocenters. The summed E-state index contributed by atoms with van der Waals surface area (Å²) in [4.78, 5) is 16.8. The Bertz CT molecular complexity index is 706. The van der Waals surface area contributed by atoms with Gasteiger partial charge in [-0.25, -0.2) is 9.78 Å². The van der Waals surface area contributed by atoms with Crippen LogP contribution in [0.2, 0.25) is 0 Å². The van der Waals surface area contributed by atoms with E-state index in [4.69, 9.17) is 9.47 Å². The van der Waals surface area contributed by atoms with Crippen molar-refractivity contribution in [2.75, 3.05) is 6.61 Å². The van der Waals surface area contributed by atoms with E-state index in [9.17, 15) is 4.79 Å². The van der Waals surface area contributed by atoms with Crippen molar-refractivity contribution in [1.29, 1.82) is 0 Å². The second kappa shape index (κ2) is 7.81. The smallest absolute Gasteiger partial charge is 0.337 e. The number of hydrogen-bond acceptors (Lipinski definition) is 4. The minimum absolute atomic E-state index is 0.309. The maximum Gasteiger partial charge on any atom is 0.337 e. The lowest BCUT2D eigenvalue weighted by molar-refractivity contribution is -0.146. The van der Waals surface area contributed by atoms with Gasteiger partial charge in [-0.05, 0) is 31.2 Å². The van der Waals surface area contributed by atoms with Crippen LogP contribution in [0.5, 0.6) is 0 Å². The zero-order valence-corrected chi connectivity index (χ0v) is 13.9. The number of esters is 1. The van der Waals surface area contributed by atoms with Crippen molar-refractivity contribution in [3.63, 3.8) is 0 Å². The molecule has 0 aliphatic carbocycles. The Kier molecular flexibility index (Phi) is 5.31. The minimum Gasteiger partial charge on any atom is -0.501 e. The molecule has 1 atom stereocenters. The third-order valence-electron chi connectivity index (χ3n) is 4.13. The van der Waals surface area contributed by atoms with Crippen LogP contribution in [0.3, 0.4) is 0 Å². The van der Waals surface area contributed by atoms with Crippen LogP contribution in [0.4, 0.5) is 0 Å². The van der Waals surface area contributed by atoms with Gasteiger partial charge < -0.3 is 14.0 Å². The Hall–Kier alpha value is -2.56. The number of ether oxygens (including phenoxy) is 2. The van der Waals surface area contributed by atoms with Gasteiger partial charge in [0.2, 0.25) is 0 Å². The summed E-state index contributed by atoms with van der Waals surface area (Å²) in [5.41, 5.74) is 1.81. The van der Waals surface area contributed by atoms with E-state index in [1.807, 2.05) is 36.0 Å². The van der Waals surface area contributed by atoms with Crippen LogP contribution in [-0.4, -0.2) is 22.1 Å². The van der Waals surface area contributed by atoms with E-state index in [-0.39, 0.29) is 12.1 Å². The summed E-state index contributed by atoms with van der Waals surface area (Å²) in [5.74, 6) is 0.451. The highest BCUT2D eigenvalue weighted by molar-refractivity contribution is 5.88. The van der Waals surface area contributed by atoms with Crippen LogP contribution < -0.4 is 0 Å². The van der Waals surface area contributed by atoms with E-state index in [2.05, 4.69) is 17.1 Å². The molecule has 0 N–H and O–H groups in total. The lowest BCUT2D eigenvalue weighted by Gasteiger charge is -2.20. The van der Waals surface area contributed by atoms with Gasteiger partial charge in [0.25, 0.3) is 0 Å². The van der Waals surface area contributed by atoms with Crippen molar-refractivity contribution in [2.45, 2.75) is 31.8 Å². The number of carbonyl (C=O) groups excluding carboxylic acids is 1. The van der Waals surface area contributed by atoms with Gasteiger partial charge in [-0.3, -0.25) is 0 Å². The molecule has 3 rings (SSSR count). The molecule has 0 radical (unpaired) electrons. The molecule has 0 amide bonds. The van der Waals surface area contributed by atoms with Gasteiger partial charge in [0.05, 0.1) is 18.4 Å². The Morgan fingerprint density at radius 3 is 2.88 bits per heavy atom. The number of hydrogen-bond donors (Lipinski definition) is 0. The summed E-state index contributed by atoms with van der Waals surface area (Å²) in [5, 5.41) is 0. The van der Waals surface area contributed by atoms with Crippen molar-refractivity contribution in [3.05, 3.63) is 65.9 Å². The normalized spacial score (nSPS) is 15.3. The summed E-state index contributed by atoms with van der Waals surface area (Å²) in [6.07, 6.45) is 7.79. The predicted octanol–water partition coefficient (Wildman–Crippen LogP) is 3.33. The number of benzene rings is 1. The summed E-state index contributed by atoms with van der Waals surface area (Å²) in [7, 11) is 1.91. The fourth-order valence-electron chi connectivity index (χ4n) is 2.79. The maximum absolute atomic E-state index is 12.4. The van der Waals surface area contributed by atoms with Crippen LogP contribution >= 0.6 is 0 Å². The first-order chi connectivity index (χ1) is 11.7. The Labute approximate surface area is 141 Å².